The molecule has 4 rings (SSSR count). The number of H-pyrrole nitrogens is 1. The molecule has 0 saturated heterocycles. The van der Waals surface area contributed by atoms with E-state index < -0.39 is 6.10 Å². The lowest BCUT2D eigenvalue weighted by atomic mass is 9.83. The summed E-state index contributed by atoms with van der Waals surface area (Å²) in [5, 5.41) is 28.7. The molecule has 1 aromatic carbocycles. The van der Waals surface area contributed by atoms with Crippen molar-refractivity contribution in [3.05, 3.63) is 40.2 Å². The predicted octanol–water partition coefficient (Wildman–Crippen LogP) is 3.74. The average Bonchev–Trinajstić information content (AvgIpc) is 2.84. The first-order valence-corrected chi connectivity index (χ1v) is 13.1. The Morgan fingerprint density at radius 2 is 1.74 bits per heavy atom. The fraction of sp³-hybridized carbons (Fsp3) is 0.667. The molecule has 7 heteroatoms. The van der Waals surface area contributed by atoms with E-state index in [0.29, 0.717) is 41.2 Å². The lowest BCUT2D eigenvalue weighted by Crippen LogP contribution is -2.43. The molecule has 1 heterocycles. The molecule has 2 aliphatic rings. The van der Waals surface area contributed by atoms with Crippen LogP contribution >= 0.6 is 0 Å². The number of pyridine rings is 1. The van der Waals surface area contributed by atoms with E-state index in [-0.39, 0.29) is 11.3 Å². The number of benzene rings is 1. The van der Waals surface area contributed by atoms with Crippen LogP contribution in [0.1, 0.15) is 76.4 Å². The Morgan fingerprint density at radius 3 is 2.44 bits per heavy atom. The fourth-order valence-electron chi connectivity index (χ4n) is 5.79. The number of ether oxygens (including phenoxy) is 1. The minimum Gasteiger partial charge on any atom is -0.506 e. The molecule has 2 aromatic rings. The first kappa shape index (κ1) is 25.2. The predicted molar refractivity (Wildman–Crippen MR) is 135 cm³/mol. The number of aliphatic hydroxyl groups is 1. The Balaban J connectivity index is 1.14. The van der Waals surface area contributed by atoms with Crippen molar-refractivity contribution in [1.29, 1.82) is 0 Å². The highest BCUT2D eigenvalue weighted by Gasteiger charge is 2.26. The van der Waals surface area contributed by atoms with Crippen LogP contribution < -0.4 is 16.2 Å². The van der Waals surface area contributed by atoms with Gasteiger partial charge in [0.05, 0.1) is 17.7 Å². The third kappa shape index (κ3) is 6.60. The second-order valence-corrected chi connectivity index (χ2v) is 10.1. The van der Waals surface area contributed by atoms with Crippen LogP contribution in [0.5, 0.6) is 5.75 Å². The summed E-state index contributed by atoms with van der Waals surface area (Å²) in [7, 11) is 0. The van der Waals surface area contributed by atoms with Crippen molar-refractivity contribution >= 4 is 10.9 Å². The Bertz CT molecular complexity index is 962. The SMILES string of the molecule is CCOC1CCC(NC2CCC(CCNC[C@H](O)c3ccc(O)c4[nH]c(=O)ccc34)CC2)CC1. The first-order chi connectivity index (χ1) is 16.5. The van der Waals surface area contributed by atoms with Gasteiger partial charge < -0.3 is 30.6 Å². The molecule has 0 aliphatic heterocycles. The van der Waals surface area contributed by atoms with E-state index in [4.69, 9.17) is 4.74 Å². The van der Waals surface area contributed by atoms with Gasteiger partial charge in [0.15, 0.2) is 0 Å². The Hall–Kier alpha value is -1.93. The number of fused-ring (bicyclic) bond motifs is 1. The van der Waals surface area contributed by atoms with E-state index >= 15 is 0 Å². The molecule has 0 radical (unpaired) electrons. The van der Waals surface area contributed by atoms with E-state index in [2.05, 4.69) is 22.5 Å². The molecule has 1 aromatic heterocycles. The highest BCUT2D eigenvalue weighted by atomic mass is 16.5. The van der Waals surface area contributed by atoms with Crippen molar-refractivity contribution in [2.45, 2.75) is 89.0 Å². The van der Waals surface area contributed by atoms with Crippen molar-refractivity contribution in [3.63, 3.8) is 0 Å². The second-order valence-electron chi connectivity index (χ2n) is 10.1. The molecule has 2 aliphatic carbocycles. The molecule has 0 amide bonds. The number of phenols is 1. The van der Waals surface area contributed by atoms with Crippen LogP contribution in [0.15, 0.2) is 29.1 Å². The molecule has 1 atom stereocenters. The summed E-state index contributed by atoms with van der Waals surface area (Å²) in [6.07, 6.45) is 10.8. The summed E-state index contributed by atoms with van der Waals surface area (Å²) in [6.45, 7) is 4.24. The molecule has 7 nitrogen and oxygen atoms in total. The maximum atomic E-state index is 11.6. The number of aromatic nitrogens is 1. The smallest absolute Gasteiger partial charge is 0.248 e. The second kappa shape index (κ2) is 12.2. The molecule has 2 fully saturated rings. The van der Waals surface area contributed by atoms with Crippen molar-refractivity contribution in [2.24, 2.45) is 5.92 Å². The monoisotopic (exact) mass is 471 g/mol. The Labute approximate surface area is 202 Å². The zero-order chi connectivity index (χ0) is 23.9. The van der Waals surface area contributed by atoms with Gasteiger partial charge in [0.25, 0.3) is 0 Å². The number of aliphatic hydroxyl groups excluding tert-OH is 1. The number of hydrogen-bond acceptors (Lipinski definition) is 6. The molecular weight excluding hydrogens is 430 g/mol. The van der Waals surface area contributed by atoms with E-state index in [0.717, 1.165) is 25.5 Å². The summed E-state index contributed by atoms with van der Waals surface area (Å²) in [5.74, 6) is 0.760. The maximum Gasteiger partial charge on any atom is 0.248 e. The van der Waals surface area contributed by atoms with Crippen molar-refractivity contribution in [1.82, 2.24) is 15.6 Å². The molecule has 2 saturated carbocycles. The minimum atomic E-state index is -0.702. The van der Waals surface area contributed by atoms with Gasteiger partial charge >= 0.3 is 0 Å². The molecule has 188 valence electrons. The number of aromatic amines is 1. The zero-order valence-electron chi connectivity index (χ0n) is 20.4. The van der Waals surface area contributed by atoms with Gasteiger partial charge in [-0.3, -0.25) is 4.79 Å². The van der Waals surface area contributed by atoms with Crippen molar-refractivity contribution in [2.75, 3.05) is 19.7 Å². The van der Waals surface area contributed by atoms with Crippen LogP contribution in [0, 0.1) is 5.92 Å². The molecule has 0 unspecified atom stereocenters. The van der Waals surface area contributed by atoms with Crippen LogP contribution in [-0.2, 0) is 4.74 Å². The number of hydrogen-bond donors (Lipinski definition) is 5. The lowest BCUT2D eigenvalue weighted by molar-refractivity contribution is 0.0287. The van der Waals surface area contributed by atoms with Gasteiger partial charge in [-0.15, -0.1) is 0 Å². The van der Waals surface area contributed by atoms with Crippen LogP contribution in [0.3, 0.4) is 0 Å². The van der Waals surface area contributed by atoms with Gasteiger partial charge in [0.1, 0.15) is 5.75 Å². The average molecular weight is 472 g/mol. The zero-order valence-corrected chi connectivity index (χ0v) is 20.4. The third-order valence-electron chi connectivity index (χ3n) is 7.73. The topological polar surface area (TPSA) is 107 Å². The first-order valence-electron chi connectivity index (χ1n) is 13.1. The van der Waals surface area contributed by atoms with Crippen LogP contribution in [0.4, 0.5) is 0 Å². The number of rotatable bonds is 10. The molecule has 0 bridgehead atoms. The van der Waals surface area contributed by atoms with E-state index in [1.807, 2.05) is 0 Å². The third-order valence-corrected chi connectivity index (χ3v) is 7.73. The van der Waals surface area contributed by atoms with Gasteiger partial charge in [-0.1, -0.05) is 6.07 Å². The van der Waals surface area contributed by atoms with Crippen molar-refractivity contribution < 1.29 is 14.9 Å². The molecule has 34 heavy (non-hydrogen) atoms. The summed E-state index contributed by atoms with van der Waals surface area (Å²) in [4.78, 5) is 14.2. The summed E-state index contributed by atoms with van der Waals surface area (Å²) in [6, 6.07) is 7.64. The van der Waals surface area contributed by atoms with E-state index in [1.165, 1.54) is 63.5 Å². The van der Waals surface area contributed by atoms with Gasteiger partial charge in [-0.05, 0) is 94.9 Å². The summed E-state index contributed by atoms with van der Waals surface area (Å²) < 4.78 is 5.78. The quantitative estimate of drug-likeness (QED) is 0.338. The molecule has 0 spiro atoms. The van der Waals surface area contributed by atoms with Gasteiger partial charge in [-0.2, -0.15) is 0 Å². The number of phenolic OH excluding ortho intramolecular Hbond substituents is 1. The van der Waals surface area contributed by atoms with Gasteiger partial charge in [0.2, 0.25) is 5.56 Å². The highest BCUT2D eigenvalue weighted by Crippen LogP contribution is 2.30. The summed E-state index contributed by atoms with van der Waals surface area (Å²) >= 11 is 0. The molecular formula is C27H41N3O4. The summed E-state index contributed by atoms with van der Waals surface area (Å²) in [5.41, 5.74) is 0.807. The Morgan fingerprint density at radius 1 is 1.03 bits per heavy atom. The number of nitrogens with one attached hydrogen (secondary N) is 3. The minimum absolute atomic E-state index is 0.0138. The van der Waals surface area contributed by atoms with Gasteiger partial charge in [-0.25, -0.2) is 0 Å². The molecule has 5 N–H and O–H groups in total. The van der Waals surface area contributed by atoms with E-state index in [1.54, 1.807) is 12.1 Å². The lowest BCUT2D eigenvalue weighted by Gasteiger charge is -2.35. The number of aromatic hydroxyl groups is 1. The maximum absolute atomic E-state index is 11.6. The Kier molecular flexibility index (Phi) is 9.00. The normalized spacial score (nSPS) is 26.5. The van der Waals surface area contributed by atoms with Crippen LogP contribution in [0.25, 0.3) is 10.9 Å². The van der Waals surface area contributed by atoms with Crippen LogP contribution in [-0.4, -0.2) is 53.1 Å². The van der Waals surface area contributed by atoms with Crippen molar-refractivity contribution in [3.8, 4) is 5.75 Å². The van der Waals surface area contributed by atoms with Gasteiger partial charge in [0, 0.05) is 36.7 Å². The fourth-order valence-corrected chi connectivity index (χ4v) is 5.79. The largest absolute Gasteiger partial charge is 0.506 e. The standard InChI is InChI=1S/C27H41N3O4/c1-2-34-21-9-7-20(8-10-21)29-19-5-3-18(4-6-19)15-16-28-17-25(32)22-11-13-24(31)27-23(22)12-14-26(33)30-27/h11-14,18-21,25,28-29,31-32H,2-10,15-17H2,1H3,(H,30,33)/t18?,19?,20?,21?,25-/m0/s1. The highest BCUT2D eigenvalue weighted by molar-refractivity contribution is 5.87. The van der Waals surface area contributed by atoms with E-state index in [9.17, 15) is 15.0 Å². The van der Waals surface area contributed by atoms with Crippen LogP contribution in [0.2, 0.25) is 0 Å².